The van der Waals surface area contributed by atoms with E-state index in [-0.39, 0.29) is 39.4 Å². The number of aliphatic hydroxyl groups is 3. The van der Waals surface area contributed by atoms with Crippen LogP contribution in [0, 0.1) is 30.6 Å². The van der Waals surface area contributed by atoms with Crippen LogP contribution >= 0.6 is 0 Å². The zero-order chi connectivity index (χ0) is 39.1. The van der Waals surface area contributed by atoms with Gasteiger partial charge in [-0.15, -0.1) is 0 Å². The van der Waals surface area contributed by atoms with Crippen LogP contribution in [0.25, 0.3) is 0 Å². The Labute approximate surface area is 310 Å². The van der Waals surface area contributed by atoms with Gasteiger partial charge in [0.1, 0.15) is 22.9 Å². The number of phenolic OH excluding ortho intramolecular Hbond substituents is 1. The number of nitrogens with zero attached hydrogens (tertiary/aromatic N) is 1. The van der Waals surface area contributed by atoms with Crippen molar-refractivity contribution in [2.45, 2.75) is 97.9 Å². The minimum Gasteiger partial charge on any atom is -0.507 e. The van der Waals surface area contributed by atoms with Gasteiger partial charge in [0.15, 0.2) is 0 Å². The van der Waals surface area contributed by atoms with Crippen LogP contribution in [-0.2, 0) is 14.3 Å². The number of Topliss-reactive ketones (excluding diaryl/α,β-unsaturated/α-hetero) is 3. The van der Waals surface area contributed by atoms with Crippen LogP contribution in [0.3, 0.4) is 0 Å². The number of aromatic hydroxyl groups is 1. The summed E-state index contributed by atoms with van der Waals surface area (Å²) >= 11 is 0. The number of benzene rings is 1. The smallest absolute Gasteiger partial charge is 0.312 e. The molecule has 0 radical (unpaired) electrons. The number of methoxy groups -OCH3 is 1. The van der Waals surface area contributed by atoms with Gasteiger partial charge in [0.25, 0.3) is 11.7 Å². The molecule has 13 heteroatoms. The molecule has 53 heavy (non-hydrogen) atoms. The van der Waals surface area contributed by atoms with Crippen molar-refractivity contribution < 1.29 is 53.8 Å². The maximum atomic E-state index is 14.6. The lowest BCUT2D eigenvalue weighted by molar-refractivity contribution is -0.116. The fourth-order valence-electron chi connectivity index (χ4n) is 7.70. The van der Waals surface area contributed by atoms with E-state index in [1.54, 1.807) is 44.7 Å². The largest absolute Gasteiger partial charge is 0.507 e. The first-order valence-corrected chi connectivity index (χ1v) is 18.3. The van der Waals surface area contributed by atoms with Gasteiger partial charge in [-0.05, 0) is 39.2 Å². The van der Waals surface area contributed by atoms with Gasteiger partial charge in [0, 0.05) is 61.9 Å². The highest BCUT2D eigenvalue weighted by atomic mass is 16.7. The van der Waals surface area contributed by atoms with E-state index >= 15 is 0 Å². The third kappa shape index (κ3) is 7.19. The molecule has 9 atom stereocenters. The Balaban J connectivity index is 1.66. The number of allylic oxidation sites excluding steroid dienone is 4. The molecule has 1 amide bonds. The van der Waals surface area contributed by atoms with E-state index < -0.39 is 88.4 Å². The standard InChI is InChI=1S/C40H52N2O11/c1-19-13-12-14-20(2)39(50)41-29-30(42-16-10-9-11-17-42)36(48)26-27(35(29)47)34(46)24(6)37-28(26)38(49)40(7,53-37)52-18-15-25(51-8)21(3)32(44)23(5)33(45)22(4)31(19)43/h12-15,18-19,21-23,25,31-33,43-46H,9-11,16-17H2,1-8H3,(H,41,50)/b13-12+,18-15+,20-14-/t19-,21+,22+,23+,25-,31-,32+,33-,40-/m0/s1. The molecular formula is C40H52N2O11. The molecule has 0 aromatic heterocycles. The van der Waals surface area contributed by atoms with Gasteiger partial charge in [-0.25, -0.2) is 0 Å². The maximum absolute atomic E-state index is 14.6. The Morgan fingerprint density at radius 2 is 1.47 bits per heavy atom. The normalized spacial score (nSPS) is 35.3. The minimum absolute atomic E-state index is 0.0352. The topological polar surface area (TPSA) is 192 Å². The molecule has 5 aliphatic rings. The highest BCUT2D eigenvalue weighted by Crippen LogP contribution is 2.49. The van der Waals surface area contributed by atoms with E-state index in [0.717, 1.165) is 19.3 Å². The third-order valence-corrected chi connectivity index (χ3v) is 11.3. The van der Waals surface area contributed by atoms with E-state index in [0.29, 0.717) is 13.1 Å². The van der Waals surface area contributed by atoms with Crippen molar-refractivity contribution in [1.29, 1.82) is 0 Å². The SMILES string of the molecule is CO[C@H]1/C=C/O[C@@]2(C)Oc3c(C)c(O)c4c(c3C2=O)C(=O)C(N2CCCCC2)=C(NC(=O)/C(C)=C\C=C\[C@H](C)[C@H](O)[C@@H](C)[C@H](O)[C@H](C)[C@H](O)[C@@H]1C)C4=O. The molecule has 1 saturated heterocycles. The van der Waals surface area contributed by atoms with Gasteiger partial charge in [-0.3, -0.25) is 19.2 Å². The van der Waals surface area contributed by atoms with Crippen LogP contribution in [0.5, 0.6) is 11.5 Å². The first kappa shape index (κ1) is 39.9. The predicted molar refractivity (Wildman–Crippen MR) is 194 cm³/mol. The summed E-state index contributed by atoms with van der Waals surface area (Å²) < 4.78 is 17.6. The summed E-state index contributed by atoms with van der Waals surface area (Å²) in [5.74, 6) is -8.07. The predicted octanol–water partition coefficient (Wildman–Crippen LogP) is 3.87. The molecule has 1 aromatic rings. The highest BCUT2D eigenvalue weighted by Gasteiger charge is 2.53. The van der Waals surface area contributed by atoms with Crippen LogP contribution < -0.4 is 10.1 Å². The summed E-state index contributed by atoms with van der Waals surface area (Å²) in [6.45, 7) is 12.0. The molecule has 0 unspecified atom stereocenters. The van der Waals surface area contributed by atoms with E-state index in [9.17, 15) is 39.6 Å². The zero-order valence-electron chi connectivity index (χ0n) is 31.6. The number of carbonyl (C=O) groups excluding carboxylic acids is 4. The van der Waals surface area contributed by atoms with Gasteiger partial charge in [0.2, 0.25) is 11.6 Å². The molecule has 0 spiro atoms. The molecule has 6 rings (SSSR count). The fourth-order valence-corrected chi connectivity index (χ4v) is 7.70. The van der Waals surface area contributed by atoms with Crippen LogP contribution in [-0.4, -0.2) is 99.0 Å². The summed E-state index contributed by atoms with van der Waals surface area (Å²) in [6, 6.07) is 0. The molecule has 4 heterocycles. The van der Waals surface area contributed by atoms with Gasteiger partial charge >= 0.3 is 5.79 Å². The molecule has 0 saturated carbocycles. The van der Waals surface area contributed by atoms with Crippen LogP contribution in [0.1, 0.15) is 97.4 Å². The lowest BCUT2D eigenvalue weighted by atomic mass is 9.78. The van der Waals surface area contributed by atoms with E-state index in [1.165, 1.54) is 46.3 Å². The second kappa shape index (κ2) is 15.6. The highest BCUT2D eigenvalue weighted by molar-refractivity contribution is 6.32. The average Bonchev–Trinajstić information content (AvgIpc) is 3.41. The Morgan fingerprint density at radius 3 is 2.11 bits per heavy atom. The Bertz CT molecular complexity index is 1790. The summed E-state index contributed by atoms with van der Waals surface area (Å²) in [6.07, 6.45) is 5.86. The number of piperidine rings is 1. The van der Waals surface area contributed by atoms with Crippen LogP contribution in [0.2, 0.25) is 0 Å². The summed E-state index contributed by atoms with van der Waals surface area (Å²) in [4.78, 5) is 58.6. The first-order valence-electron chi connectivity index (χ1n) is 18.3. The second-order valence-electron chi connectivity index (χ2n) is 15.0. The number of carbonyl (C=O) groups is 4. The number of ketones is 3. The number of nitrogens with one attached hydrogen (secondary N) is 1. The van der Waals surface area contributed by atoms with Crippen molar-refractivity contribution in [2.24, 2.45) is 23.7 Å². The Hall–Kier alpha value is -4.30. The molecule has 4 aliphatic heterocycles. The zero-order valence-corrected chi connectivity index (χ0v) is 31.6. The maximum Gasteiger partial charge on any atom is 0.312 e. The number of likely N-dealkylation sites (tertiary alicyclic amines) is 1. The second-order valence-corrected chi connectivity index (χ2v) is 15.0. The van der Waals surface area contributed by atoms with Crippen molar-refractivity contribution in [3.63, 3.8) is 0 Å². The lowest BCUT2D eigenvalue weighted by Gasteiger charge is -2.36. The monoisotopic (exact) mass is 736 g/mol. The molecule has 1 fully saturated rings. The molecule has 1 aromatic carbocycles. The van der Waals surface area contributed by atoms with E-state index in [1.807, 2.05) is 0 Å². The molecule has 288 valence electrons. The number of rotatable bonds is 2. The van der Waals surface area contributed by atoms with Crippen molar-refractivity contribution in [3.05, 3.63) is 69.8 Å². The number of hydrogen-bond acceptors (Lipinski definition) is 12. The van der Waals surface area contributed by atoms with Crippen molar-refractivity contribution in [1.82, 2.24) is 10.2 Å². The molecule has 13 nitrogen and oxygen atoms in total. The van der Waals surface area contributed by atoms with Crippen molar-refractivity contribution >= 4 is 23.3 Å². The first-order chi connectivity index (χ1) is 25.0. The Morgan fingerprint density at radius 1 is 0.849 bits per heavy atom. The number of fused-ring (bicyclic) bond motifs is 14. The van der Waals surface area contributed by atoms with Crippen LogP contribution in [0.4, 0.5) is 0 Å². The molecule has 5 N–H and O–H groups in total. The van der Waals surface area contributed by atoms with Gasteiger partial charge < -0.3 is 44.9 Å². The molecule has 1 aliphatic carbocycles. The summed E-state index contributed by atoms with van der Waals surface area (Å²) in [7, 11) is 1.44. The number of phenols is 1. The summed E-state index contributed by atoms with van der Waals surface area (Å²) in [5.41, 5.74) is -1.10. The number of amides is 1. The van der Waals surface area contributed by atoms with E-state index in [2.05, 4.69) is 5.32 Å². The number of aliphatic hydroxyl groups excluding tert-OH is 3. The molecular weight excluding hydrogens is 684 g/mol. The lowest BCUT2D eigenvalue weighted by Crippen LogP contribution is -2.45. The Kier molecular flexibility index (Phi) is 11.7. The van der Waals surface area contributed by atoms with Crippen LogP contribution in [0.15, 0.2) is 47.5 Å². The third-order valence-electron chi connectivity index (χ3n) is 11.3. The molecule has 5 bridgehead atoms. The quantitative estimate of drug-likeness (QED) is 0.295. The van der Waals surface area contributed by atoms with Gasteiger partial charge in [-0.1, -0.05) is 45.9 Å². The minimum atomic E-state index is -2.02. The van der Waals surface area contributed by atoms with E-state index in [4.69, 9.17) is 14.2 Å². The van der Waals surface area contributed by atoms with Crippen molar-refractivity contribution in [3.8, 4) is 11.5 Å². The van der Waals surface area contributed by atoms with Gasteiger partial charge in [0.05, 0.1) is 47.4 Å². The summed E-state index contributed by atoms with van der Waals surface area (Å²) in [5, 5.41) is 47.8. The fraction of sp³-hybridized carbons (Fsp3) is 0.550. The number of ether oxygens (including phenoxy) is 3. The van der Waals surface area contributed by atoms with Gasteiger partial charge in [-0.2, -0.15) is 0 Å². The number of hydrogen-bond donors (Lipinski definition) is 5. The van der Waals surface area contributed by atoms with Crippen molar-refractivity contribution in [2.75, 3.05) is 20.2 Å². The average molecular weight is 737 g/mol.